The number of amides is 2. The van der Waals surface area contributed by atoms with E-state index in [0.29, 0.717) is 18.1 Å². The van der Waals surface area contributed by atoms with Gasteiger partial charge in [-0.15, -0.1) is 0 Å². The molecule has 1 aliphatic carbocycles. The van der Waals surface area contributed by atoms with Crippen LogP contribution in [0.3, 0.4) is 0 Å². The van der Waals surface area contributed by atoms with Crippen molar-refractivity contribution in [1.82, 2.24) is 20.8 Å². The second kappa shape index (κ2) is 10.5. The molecule has 1 aromatic heterocycles. The lowest BCUT2D eigenvalue weighted by atomic mass is 9.86. The number of benzene rings is 1. The largest absolute Gasteiger partial charge is 0.350 e. The fourth-order valence-corrected chi connectivity index (χ4v) is 4.51. The second-order valence-corrected chi connectivity index (χ2v) is 10.4. The normalized spacial score (nSPS) is 17.1. The van der Waals surface area contributed by atoms with Crippen LogP contribution in [0.1, 0.15) is 108 Å². The van der Waals surface area contributed by atoms with Crippen molar-refractivity contribution in [2.75, 3.05) is 0 Å². The topological polar surface area (TPSA) is 97.1 Å². The molecule has 1 unspecified atom stereocenters. The summed E-state index contributed by atoms with van der Waals surface area (Å²) in [5.74, 6) is 0.805. The van der Waals surface area contributed by atoms with Gasteiger partial charge in [0.25, 0.3) is 0 Å². The maximum atomic E-state index is 12.5. The summed E-state index contributed by atoms with van der Waals surface area (Å²) in [6, 6.07) is 8.31. The number of nitrogens with one attached hydrogen (secondary N) is 2. The molecule has 180 valence electrons. The number of rotatable bonds is 7. The van der Waals surface area contributed by atoms with E-state index in [9.17, 15) is 9.59 Å². The van der Waals surface area contributed by atoms with E-state index in [4.69, 9.17) is 4.52 Å². The number of nitrogens with zero attached hydrogens (tertiary/aromatic N) is 2. The third kappa shape index (κ3) is 6.65. The molecule has 3 rings (SSSR count). The minimum Gasteiger partial charge on any atom is -0.350 e. The number of carbonyl (C=O) groups excluding carboxylic acids is 2. The first-order valence-corrected chi connectivity index (χ1v) is 12.1. The second-order valence-electron chi connectivity index (χ2n) is 10.4. The first kappa shape index (κ1) is 24.9. The average molecular weight is 455 g/mol. The van der Waals surface area contributed by atoms with Gasteiger partial charge in [-0.25, -0.2) is 0 Å². The Morgan fingerprint density at radius 2 is 1.73 bits per heavy atom. The van der Waals surface area contributed by atoms with E-state index in [1.165, 1.54) is 12.5 Å². The molecule has 2 N–H and O–H groups in total. The first-order chi connectivity index (χ1) is 15.6. The molecule has 1 heterocycles. The highest BCUT2D eigenvalue weighted by Crippen LogP contribution is 2.34. The van der Waals surface area contributed by atoms with Crippen molar-refractivity contribution in [3.63, 3.8) is 0 Å². The van der Waals surface area contributed by atoms with Crippen LogP contribution >= 0.6 is 0 Å². The molecule has 0 saturated heterocycles. The fourth-order valence-electron chi connectivity index (χ4n) is 4.51. The minimum atomic E-state index is -0.569. The van der Waals surface area contributed by atoms with Gasteiger partial charge >= 0.3 is 0 Å². The van der Waals surface area contributed by atoms with Crippen molar-refractivity contribution in [3.05, 3.63) is 47.1 Å². The molecule has 2 amide bonds. The third-order valence-electron chi connectivity index (χ3n) is 6.49. The molecular weight excluding hydrogens is 416 g/mol. The van der Waals surface area contributed by atoms with Crippen LogP contribution in [0.5, 0.6) is 0 Å². The Morgan fingerprint density at radius 1 is 1.09 bits per heavy atom. The van der Waals surface area contributed by atoms with Gasteiger partial charge in [0.1, 0.15) is 5.54 Å². The lowest BCUT2D eigenvalue weighted by molar-refractivity contribution is -0.122. The van der Waals surface area contributed by atoms with Gasteiger partial charge in [-0.1, -0.05) is 75.9 Å². The predicted octanol–water partition coefficient (Wildman–Crippen LogP) is 4.86. The highest BCUT2D eigenvalue weighted by Gasteiger charge is 2.38. The zero-order valence-corrected chi connectivity index (χ0v) is 20.7. The van der Waals surface area contributed by atoms with Crippen LogP contribution < -0.4 is 10.6 Å². The Morgan fingerprint density at radius 3 is 2.30 bits per heavy atom. The maximum Gasteiger partial charge on any atom is 0.227 e. The highest BCUT2D eigenvalue weighted by molar-refractivity contribution is 5.76. The smallest absolute Gasteiger partial charge is 0.227 e. The average Bonchev–Trinajstić information content (AvgIpc) is 3.11. The maximum absolute atomic E-state index is 12.5. The Labute approximate surface area is 197 Å². The SMILES string of the molecule is CC(=O)NC1(c2noc(CCC(=O)NC(C)c3ccc(C(C)(C)C)cc3)n2)CCCCCC1. The third-order valence-corrected chi connectivity index (χ3v) is 6.49. The Balaban J connectivity index is 1.58. The lowest BCUT2D eigenvalue weighted by Gasteiger charge is -2.30. The molecule has 1 aliphatic rings. The summed E-state index contributed by atoms with van der Waals surface area (Å²) in [5.41, 5.74) is 1.87. The standard InChI is InChI=1S/C26H38N4O3/c1-18(20-10-12-21(13-11-20)25(3,4)5)27-22(32)14-15-23-28-24(30-33-23)26(29-19(2)31)16-8-6-7-9-17-26/h10-13,18H,6-9,14-17H2,1-5H3,(H,27,32)(H,29,31). The molecule has 1 fully saturated rings. The summed E-state index contributed by atoms with van der Waals surface area (Å²) in [5, 5.41) is 10.3. The van der Waals surface area contributed by atoms with Gasteiger partial charge in [-0.2, -0.15) is 4.98 Å². The molecule has 0 bridgehead atoms. The van der Waals surface area contributed by atoms with Gasteiger partial charge in [-0.3, -0.25) is 9.59 Å². The lowest BCUT2D eigenvalue weighted by Crippen LogP contribution is -2.45. The molecule has 0 aliphatic heterocycles. The molecule has 1 saturated carbocycles. The van der Waals surface area contributed by atoms with Crippen LogP contribution in [-0.4, -0.2) is 22.0 Å². The molecule has 33 heavy (non-hydrogen) atoms. The van der Waals surface area contributed by atoms with Crippen LogP contribution in [-0.2, 0) is 27.0 Å². The molecule has 0 spiro atoms. The number of hydrogen-bond acceptors (Lipinski definition) is 5. The molecule has 1 atom stereocenters. The summed E-state index contributed by atoms with van der Waals surface area (Å²) >= 11 is 0. The predicted molar refractivity (Wildman–Crippen MR) is 128 cm³/mol. The number of aromatic nitrogens is 2. The van der Waals surface area contributed by atoms with E-state index in [0.717, 1.165) is 44.1 Å². The van der Waals surface area contributed by atoms with Crippen molar-refractivity contribution in [2.45, 2.75) is 103 Å². The van der Waals surface area contributed by atoms with E-state index in [2.05, 4.69) is 65.8 Å². The summed E-state index contributed by atoms with van der Waals surface area (Å²) in [6.45, 7) is 10.1. The molecule has 0 radical (unpaired) electrons. The summed E-state index contributed by atoms with van der Waals surface area (Å²) in [7, 11) is 0. The van der Waals surface area contributed by atoms with E-state index < -0.39 is 5.54 Å². The Kier molecular flexibility index (Phi) is 7.92. The van der Waals surface area contributed by atoms with Crippen molar-refractivity contribution < 1.29 is 14.1 Å². The summed E-state index contributed by atoms with van der Waals surface area (Å²) < 4.78 is 5.46. The van der Waals surface area contributed by atoms with Crippen LogP contribution in [0.2, 0.25) is 0 Å². The van der Waals surface area contributed by atoms with Crippen molar-refractivity contribution >= 4 is 11.8 Å². The van der Waals surface area contributed by atoms with E-state index >= 15 is 0 Å². The van der Waals surface area contributed by atoms with Gasteiger partial charge in [0.05, 0.1) is 6.04 Å². The number of hydrogen-bond donors (Lipinski definition) is 2. The van der Waals surface area contributed by atoms with Gasteiger partial charge < -0.3 is 15.2 Å². The monoisotopic (exact) mass is 454 g/mol. The highest BCUT2D eigenvalue weighted by atomic mass is 16.5. The number of carbonyl (C=O) groups is 2. The van der Waals surface area contributed by atoms with Gasteiger partial charge in [0.15, 0.2) is 5.82 Å². The fraction of sp³-hybridized carbons (Fsp3) is 0.615. The van der Waals surface area contributed by atoms with Crippen LogP contribution in [0, 0.1) is 0 Å². The van der Waals surface area contributed by atoms with Crippen molar-refractivity contribution in [1.29, 1.82) is 0 Å². The quantitative estimate of drug-likeness (QED) is 0.582. The zero-order chi connectivity index (χ0) is 24.1. The first-order valence-electron chi connectivity index (χ1n) is 12.1. The Hall–Kier alpha value is -2.70. The molecule has 7 nitrogen and oxygen atoms in total. The van der Waals surface area contributed by atoms with Crippen molar-refractivity contribution in [3.8, 4) is 0 Å². The molecule has 7 heteroatoms. The van der Waals surface area contributed by atoms with E-state index in [1.807, 2.05) is 6.92 Å². The molecular formula is C26H38N4O3. The zero-order valence-electron chi connectivity index (χ0n) is 20.7. The van der Waals surface area contributed by atoms with Crippen LogP contribution in [0.15, 0.2) is 28.8 Å². The van der Waals surface area contributed by atoms with Crippen LogP contribution in [0.25, 0.3) is 0 Å². The minimum absolute atomic E-state index is 0.0619. The van der Waals surface area contributed by atoms with Crippen molar-refractivity contribution in [2.24, 2.45) is 0 Å². The molecule has 2 aromatic rings. The number of aryl methyl sites for hydroxylation is 1. The summed E-state index contributed by atoms with van der Waals surface area (Å²) in [6.07, 6.45) is 6.55. The van der Waals surface area contributed by atoms with Gasteiger partial charge in [0, 0.05) is 19.8 Å². The van der Waals surface area contributed by atoms with E-state index in [1.54, 1.807) is 0 Å². The molecule has 1 aromatic carbocycles. The van der Waals surface area contributed by atoms with Gasteiger partial charge in [0.2, 0.25) is 17.7 Å². The van der Waals surface area contributed by atoms with Crippen LogP contribution in [0.4, 0.5) is 0 Å². The summed E-state index contributed by atoms with van der Waals surface area (Å²) in [4.78, 5) is 29.0. The Bertz CT molecular complexity index is 935. The van der Waals surface area contributed by atoms with Gasteiger partial charge in [-0.05, 0) is 36.3 Å². The van der Waals surface area contributed by atoms with E-state index in [-0.39, 0.29) is 29.7 Å².